The molecule has 1 heterocycles. The summed E-state index contributed by atoms with van der Waals surface area (Å²) >= 11 is 0. The number of hydrogen-bond acceptors (Lipinski definition) is 4. The quantitative estimate of drug-likeness (QED) is 0.693. The third-order valence-electron chi connectivity index (χ3n) is 3.40. The lowest BCUT2D eigenvalue weighted by atomic mass is 10.1. The Hall–Kier alpha value is -2.89. The van der Waals surface area contributed by atoms with Gasteiger partial charge in [0, 0.05) is 19.2 Å². The molecule has 0 bridgehead atoms. The number of carbonyl (C=O) groups is 2. The zero-order valence-corrected chi connectivity index (χ0v) is 12.5. The van der Waals surface area contributed by atoms with E-state index in [4.69, 9.17) is 5.11 Å². The van der Waals surface area contributed by atoms with Crippen molar-refractivity contribution in [2.45, 2.75) is 18.9 Å². The van der Waals surface area contributed by atoms with Crippen LogP contribution in [0.15, 0.2) is 58.7 Å². The molecule has 0 saturated carbocycles. The van der Waals surface area contributed by atoms with Crippen LogP contribution in [-0.4, -0.2) is 41.0 Å². The van der Waals surface area contributed by atoms with E-state index in [9.17, 15) is 14.7 Å². The minimum absolute atomic E-state index is 0.134. The van der Waals surface area contributed by atoms with Gasteiger partial charge in [-0.1, -0.05) is 30.3 Å². The molecule has 1 aliphatic rings. The second-order valence-corrected chi connectivity index (χ2v) is 5.12. The molecular formula is C17H18N2O4. The maximum Gasteiger partial charge on any atom is 0.351 e. The fraction of sp³-hybridized carbons (Fsp3) is 0.235. The zero-order chi connectivity index (χ0) is 16.7. The summed E-state index contributed by atoms with van der Waals surface area (Å²) in [7, 11) is 0. The fourth-order valence-electron chi connectivity index (χ4n) is 2.20. The molecule has 120 valence electrons. The van der Waals surface area contributed by atoms with E-state index in [2.05, 4.69) is 10.3 Å². The first-order chi connectivity index (χ1) is 11.1. The second-order valence-electron chi connectivity index (χ2n) is 5.12. The summed E-state index contributed by atoms with van der Waals surface area (Å²) in [4.78, 5) is 26.3. The first kappa shape index (κ1) is 16.5. The van der Waals surface area contributed by atoms with E-state index in [1.54, 1.807) is 6.08 Å². The second kappa shape index (κ2) is 7.93. The van der Waals surface area contributed by atoms with Gasteiger partial charge in [0.1, 0.15) is 5.70 Å². The van der Waals surface area contributed by atoms with Crippen LogP contribution in [0.5, 0.6) is 0 Å². The number of benzene rings is 1. The van der Waals surface area contributed by atoms with E-state index >= 15 is 0 Å². The molecule has 0 spiro atoms. The number of rotatable bonds is 6. The maximum absolute atomic E-state index is 11.3. The lowest BCUT2D eigenvalue weighted by Gasteiger charge is -2.14. The molecule has 0 fully saturated rings. The summed E-state index contributed by atoms with van der Waals surface area (Å²) in [5.74, 6) is -2.00. The van der Waals surface area contributed by atoms with Gasteiger partial charge in [0.25, 0.3) is 0 Å². The van der Waals surface area contributed by atoms with E-state index < -0.39 is 18.0 Å². The van der Waals surface area contributed by atoms with Gasteiger partial charge in [0.15, 0.2) is 6.04 Å². The third kappa shape index (κ3) is 5.10. The highest BCUT2D eigenvalue weighted by atomic mass is 16.4. The van der Waals surface area contributed by atoms with Crippen molar-refractivity contribution in [3.8, 4) is 0 Å². The van der Waals surface area contributed by atoms with Gasteiger partial charge in [-0.05, 0) is 29.7 Å². The minimum Gasteiger partial charge on any atom is -0.480 e. The highest BCUT2D eigenvalue weighted by Gasteiger charge is 2.16. The van der Waals surface area contributed by atoms with Gasteiger partial charge >= 0.3 is 11.9 Å². The monoisotopic (exact) mass is 314 g/mol. The van der Waals surface area contributed by atoms with Crippen LogP contribution in [0.3, 0.4) is 0 Å². The Bertz CT molecular complexity index is 662. The number of nitrogens with one attached hydrogen (secondary N) is 1. The highest BCUT2D eigenvalue weighted by Crippen LogP contribution is 2.11. The Morgan fingerprint density at radius 2 is 2.00 bits per heavy atom. The van der Waals surface area contributed by atoms with Gasteiger partial charge < -0.3 is 15.5 Å². The van der Waals surface area contributed by atoms with Crippen LogP contribution in [0.25, 0.3) is 0 Å². The van der Waals surface area contributed by atoms with E-state index in [-0.39, 0.29) is 5.70 Å². The number of aliphatic imine (C=N–C) groups is 1. The van der Waals surface area contributed by atoms with Crippen molar-refractivity contribution < 1.29 is 19.8 Å². The summed E-state index contributed by atoms with van der Waals surface area (Å²) in [5.41, 5.74) is 1.84. The van der Waals surface area contributed by atoms with E-state index in [0.29, 0.717) is 19.4 Å². The molecule has 1 aliphatic heterocycles. The van der Waals surface area contributed by atoms with Gasteiger partial charge in [-0.25, -0.2) is 9.59 Å². The molecule has 2 rings (SSSR count). The molecule has 3 N–H and O–H groups in total. The Morgan fingerprint density at radius 3 is 2.65 bits per heavy atom. The molecule has 23 heavy (non-hydrogen) atoms. The van der Waals surface area contributed by atoms with Crippen LogP contribution < -0.4 is 5.32 Å². The zero-order valence-electron chi connectivity index (χ0n) is 12.5. The van der Waals surface area contributed by atoms with Crippen LogP contribution in [-0.2, 0) is 16.0 Å². The normalized spacial score (nSPS) is 17.6. The molecular weight excluding hydrogens is 296 g/mol. The number of carboxylic acid groups (broad SMARTS) is 2. The molecule has 0 amide bonds. The summed E-state index contributed by atoms with van der Waals surface area (Å²) in [5, 5.41) is 21.0. The maximum atomic E-state index is 11.3. The summed E-state index contributed by atoms with van der Waals surface area (Å²) in [6.07, 6.45) is 5.61. The first-order valence-corrected chi connectivity index (χ1v) is 7.24. The average Bonchev–Trinajstić information content (AvgIpc) is 2.55. The molecule has 1 atom stereocenters. The van der Waals surface area contributed by atoms with Gasteiger partial charge in [-0.15, -0.1) is 0 Å². The van der Waals surface area contributed by atoms with Gasteiger partial charge in [0.2, 0.25) is 0 Å². The van der Waals surface area contributed by atoms with Crippen LogP contribution >= 0.6 is 0 Å². The van der Waals surface area contributed by atoms with Crippen LogP contribution in [0.1, 0.15) is 12.0 Å². The summed E-state index contributed by atoms with van der Waals surface area (Å²) < 4.78 is 0. The Labute approximate surface area is 133 Å². The standard InChI is InChI=1S/C17H18N2O4/c20-16(21)14(10-12-4-2-1-3-5-12)18-8-6-13-7-9-19-15(11-13)17(22)23/h1-6,8,11,14,19H,7,9-10H2,(H,20,21)(H,22,23). The SMILES string of the molecule is O=C(O)C1=CC(=CC=NC(Cc2ccccc2)C(=O)O)CCN1. The van der Waals surface area contributed by atoms with Gasteiger partial charge in [-0.2, -0.15) is 0 Å². The van der Waals surface area contributed by atoms with Crippen molar-refractivity contribution in [3.05, 3.63) is 59.3 Å². The number of aliphatic carboxylic acids is 2. The topological polar surface area (TPSA) is 99.0 Å². The molecule has 1 aromatic rings. The van der Waals surface area contributed by atoms with Crippen LogP contribution in [0.4, 0.5) is 0 Å². The predicted octanol–water partition coefficient (Wildman–Crippen LogP) is 1.64. The average molecular weight is 314 g/mol. The van der Waals surface area contributed by atoms with Crippen LogP contribution in [0.2, 0.25) is 0 Å². The number of allylic oxidation sites excluding steroid dienone is 2. The molecule has 6 nitrogen and oxygen atoms in total. The molecule has 0 aliphatic carbocycles. The Kier molecular flexibility index (Phi) is 5.68. The molecule has 0 radical (unpaired) electrons. The molecule has 1 aromatic carbocycles. The molecule has 1 unspecified atom stereocenters. The van der Waals surface area contributed by atoms with Crippen molar-refractivity contribution in [3.63, 3.8) is 0 Å². The predicted molar refractivity (Wildman–Crippen MR) is 86.5 cm³/mol. The Balaban J connectivity index is 2.06. The number of nitrogens with zero attached hydrogens (tertiary/aromatic N) is 1. The summed E-state index contributed by atoms with van der Waals surface area (Å²) in [6.45, 7) is 0.532. The largest absolute Gasteiger partial charge is 0.480 e. The molecule has 6 heteroatoms. The van der Waals surface area contributed by atoms with E-state index in [0.717, 1.165) is 11.1 Å². The smallest absolute Gasteiger partial charge is 0.351 e. The van der Waals surface area contributed by atoms with Crippen molar-refractivity contribution in [2.75, 3.05) is 6.54 Å². The lowest BCUT2D eigenvalue weighted by Crippen LogP contribution is -2.25. The van der Waals surface area contributed by atoms with Crippen molar-refractivity contribution >= 4 is 18.2 Å². The van der Waals surface area contributed by atoms with Crippen molar-refractivity contribution in [1.82, 2.24) is 5.32 Å². The summed E-state index contributed by atoms with van der Waals surface area (Å²) in [6, 6.07) is 8.44. The van der Waals surface area contributed by atoms with E-state index in [1.807, 2.05) is 30.3 Å². The van der Waals surface area contributed by atoms with Gasteiger partial charge in [-0.3, -0.25) is 4.99 Å². The van der Waals surface area contributed by atoms with Gasteiger partial charge in [0.05, 0.1) is 0 Å². The van der Waals surface area contributed by atoms with Crippen LogP contribution in [0, 0.1) is 0 Å². The fourth-order valence-corrected chi connectivity index (χ4v) is 2.20. The van der Waals surface area contributed by atoms with Crippen molar-refractivity contribution in [2.24, 2.45) is 4.99 Å². The molecule has 0 saturated heterocycles. The van der Waals surface area contributed by atoms with Crippen molar-refractivity contribution in [1.29, 1.82) is 0 Å². The highest BCUT2D eigenvalue weighted by molar-refractivity contribution is 5.87. The minimum atomic E-state index is -1.01. The van der Waals surface area contributed by atoms with E-state index in [1.165, 1.54) is 12.3 Å². The third-order valence-corrected chi connectivity index (χ3v) is 3.40. The molecule has 0 aromatic heterocycles. The Morgan fingerprint density at radius 1 is 1.26 bits per heavy atom. The number of hydrogen-bond donors (Lipinski definition) is 3. The number of carboxylic acids is 2. The first-order valence-electron chi connectivity index (χ1n) is 7.24. The lowest BCUT2D eigenvalue weighted by molar-refractivity contribution is -0.138.